The first-order valence-corrected chi connectivity index (χ1v) is 7.68. The maximum absolute atomic E-state index is 12.8. The van der Waals surface area contributed by atoms with Crippen LogP contribution in [0.1, 0.15) is 6.92 Å². The molecule has 0 N–H and O–H groups in total. The van der Waals surface area contributed by atoms with Crippen molar-refractivity contribution in [3.05, 3.63) is 66.5 Å². The third kappa shape index (κ3) is 1.52. The van der Waals surface area contributed by atoms with Crippen molar-refractivity contribution in [2.75, 3.05) is 4.90 Å². The third-order valence-corrected chi connectivity index (χ3v) is 4.83. The maximum Gasteiger partial charge on any atom is 0.265 e. The number of ether oxygens (including phenoxy) is 1. The molecule has 118 valence electrons. The van der Waals surface area contributed by atoms with Crippen molar-refractivity contribution in [2.45, 2.75) is 12.5 Å². The molecule has 2 unspecified atom stereocenters. The number of hydrogen-bond acceptors (Lipinski definition) is 4. The maximum atomic E-state index is 12.8. The van der Waals surface area contributed by atoms with Gasteiger partial charge in [0.2, 0.25) is 5.91 Å². The molecule has 2 amide bonds. The Morgan fingerprint density at radius 2 is 1.92 bits per heavy atom. The molecule has 0 spiro atoms. The first-order chi connectivity index (χ1) is 11.6. The lowest BCUT2D eigenvalue weighted by molar-refractivity contribution is -0.125. The lowest BCUT2D eigenvalue weighted by Crippen LogP contribution is -2.38. The highest BCUT2D eigenvalue weighted by Gasteiger charge is 2.61. The van der Waals surface area contributed by atoms with Crippen LogP contribution >= 0.6 is 0 Å². The molecule has 6 heteroatoms. The van der Waals surface area contributed by atoms with E-state index in [1.54, 1.807) is 30.7 Å². The SMILES string of the molecule is CC12C=CC(=C3C(=O)N(c4ccc(-n5ccnc5)cc4)C(=O)C31)O2. The van der Waals surface area contributed by atoms with Crippen LogP contribution in [0.15, 0.2) is 66.5 Å². The zero-order valence-corrected chi connectivity index (χ0v) is 12.8. The van der Waals surface area contributed by atoms with Crippen molar-refractivity contribution in [1.82, 2.24) is 9.55 Å². The normalized spacial score (nSPS) is 27.2. The summed E-state index contributed by atoms with van der Waals surface area (Å²) in [7, 11) is 0. The van der Waals surface area contributed by atoms with Crippen LogP contribution in [0.4, 0.5) is 5.69 Å². The minimum absolute atomic E-state index is 0.229. The summed E-state index contributed by atoms with van der Waals surface area (Å²) in [6.07, 6.45) is 8.86. The summed E-state index contributed by atoms with van der Waals surface area (Å²) in [6.45, 7) is 1.84. The molecule has 0 radical (unpaired) electrons. The third-order valence-electron chi connectivity index (χ3n) is 4.83. The predicted molar refractivity (Wildman–Crippen MR) is 85.2 cm³/mol. The number of fused-ring (bicyclic) bond motifs is 4. The van der Waals surface area contributed by atoms with Gasteiger partial charge in [-0.05, 0) is 43.3 Å². The Labute approximate surface area is 137 Å². The molecule has 2 bridgehead atoms. The second-order valence-corrected chi connectivity index (χ2v) is 6.30. The van der Waals surface area contributed by atoms with Crippen LogP contribution < -0.4 is 4.90 Å². The quantitative estimate of drug-likeness (QED) is 0.794. The molecule has 1 saturated heterocycles. The van der Waals surface area contributed by atoms with E-state index in [0.717, 1.165) is 5.69 Å². The summed E-state index contributed by atoms with van der Waals surface area (Å²) in [5.41, 5.74) is 1.22. The summed E-state index contributed by atoms with van der Waals surface area (Å²) in [6, 6.07) is 7.26. The minimum Gasteiger partial charge on any atom is -0.482 e. The Kier molecular flexibility index (Phi) is 2.34. The van der Waals surface area contributed by atoms with Gasteiger partial charge in [-0.15, -0.1) is 0 Å². The van der Waals surface area contributed by atoms with Crippen LogP contribution in [0, 0.1) is 5.92 Å². The van der Waals surface area contributed by atoms with Gasteiger partial charge in [0.1, 0.15) is 17.3 Å². The fourth-order valence-corrected chi connectivity index (χ4v) is 3.65. The van der Waals surface area contributed by atoms with Gasteiger partial charge in [0.15, 0.2) is 0 Å². The van der Waals surface area contributed by atoms with Crippen molar-refractivity contribution >= 4 is 17.5 Å². The Hall–Kier alpha value is -3.15. The second-order valence-electron chi connectivity index (χ2n) is 6.30. The molecule has 2 atom stereocenters. The summed E-state index contributed by atoms with van der Waals surface area (Å²) in [5, 5.41) is 0. The van der Waals surface area contributed by atoms with E-state index in [0.29, 0.717) is 17.0 Å². The molecular weight excluding hydrogens is 306 g/mol. The lowest BCUT2D eigenvalue weighted by Gasteiger charge is -2.24. The number of benzene rings is 1. The highest BCUT2D eigenvalue weighted by atomic mass is 16.5. The van der Waals surface area contributed by atoms with Gasteiger partial charge in [-0.2, -0.15) is 0 Å². The second kappa shape index (κ2) is 4.23. The van der Waals surface area contributed by atoms with Gasteiger partial charge in [0.25, 0.3) is 5.91 Å². The molecule has 6 nitrogen and oxygen atoms in total. The first-order valence-electron chi connectivity index (χ1n) is 7.68. The zero-order valence-electron chi connectivity index (χ0n) is 12.8. The number of imidazole rings is 1. The van der Waals surface area contributed by atoms with Crippen molar-refractivity contribution in [3.63, 3.8) is 0 Å². The Morgan fingerprint density at radius 3 is 2.58 bits per heavy atom. The highest BCUT2D eigenvalue weighted by Crippen LogP contribution is 2.51. The van der Waals surface area contributed by atoms with E-state index >= 15 is 0 Å². The molecule has 3 aliphatic heterocycles. The van der Waals surface area contributed by atoms with E-state index in [1.165, 1.54) is 4.90 Å². The van der Waals surface area contributed by atoms with Crippen LogP contribution in [0.25, 0.3) is 5.69 Å². The summed E-state index contributed by atoms with van der Waals surface area (Å²) in [5.74, 6) is -0.535. The fraction of sp³-hybridized carbons (Fsp3) is 0.167. The summed E-state index contributed by atoms with van der Waals surface area (Å²) in [4.78, 5) is 30.9. The van der Waals surface area contributed by atoms with E-state index in [9.17, 15) is 9.59 Å². The smallest absolute Gasteiger partial charge is 0.265 e. The fourth-order valence-electron chi connectivity index (χ4n) is 3.65. The zero-order chi connectivity index (χ0) is 16.5. The number of carbonyl (C=O) groups excluding carboxylic acids is 2. The number of imide groups is 1. The average molecular weight is 319 g/mol. The minimum atomic E-state index is -0.733. The molecular formula is C18H13N3O3. The number of nitrogens with zero attached hydrogens (tertiary/aromatic N) is 3. The topological polar surface area (TPSA) is 64.4 Å². The van der Waals surface area contributed by atoms with E-state index in [1.807, 2.05) is 35.9 Å². The van der Waals surface area contributed by atoms with E-state index in [-0.39, 0.29) is 11.8 Å². The molecule has 0 saturated carbocycles. The van der Waals surface area contributed by atoms with Crippen molar-refractivity contribution in [2.24, 2.45) is 5.92 Å². The number of anilines is 1. The standard InChI is InChI=1S/C18H13N3O3/c1-18-7-6-13(24-18)14-15(18)17(23)21(16(14)22)12-4-2-11(3-5-12)20-9-8-19-10-20/h2-10,15H,1H3. The van der Waals surface area contributed by atoms with Crippen molar-refractivity contribution in [3.8, 4) is 5.69 Å². The lowest BCUT2D eigenvalue weighted by atomic mass is 9.83. The molecule has 0 aliphatic carbocycles. The van der Waals surface area contributed by atoms with Gasteiger partial charge >= 0.3 is 0 Å². The molecule has 2 aromatic rings. The Balaban J connectivity index is 1.54. The Morgan fingerprint density at radius 1 is 1.17 bits per heavy atom. The molecule has 5 rings (SSSR count). The summed E-state index contributed by atoms with van der Waals surface area (Å²) >= 11 is 0. The van der Waals surface area contributed by atoms with Crippen LogP contribution in [0.5, 0.6) is 0 Å². The Bertz CT molecular complexity index is 940. The monoisotopic (exact) mass is 319 g/mol. The average Bonchev–Trinajstić information content (AvgIpc) is 3.31. The van der Waals surface area contributed by atoms with Crippen molar-refractivity contribution < 1.29 is 14.3 Å². The van der Waals surface area contributed by atoms with E-state index in [2.05, 4.69) is 4.98 Å². The highest BCUT2D eigenvalue weighted by molar-refractivity contribution is 6.30. The number of amides is 2. The number of rotatable bonds is 2. The van der Waals surface area contributed by atoms with Gasteiger partial charge < -0.3 is 9.30 Å². The number of carbonyl (C=O) groups is 2. The van der Waals surface area contributed by atoms with Gasteiger partial charge in [-0.3, -0.25) is 9.59 Å². The van der Waals surface area contributed by atoms with Crippen molar-refractivity contribution in [1.29, 1.82) is 0 Å². The molecule has 3 aliphatic rings. The molecule has 24 heavy (non-hydrogen) atoms. The predicted octanol–water partition coefficient (Wildman–Crippen LogP) is 1.97. The number of hydrogen-bond donors (Lipinski definition) is 0. The summed E-state index contributed by atoms with van der Waals surface area (Å²) < 4.78 is 7.57. The molecule has 1 fully saturated rings. The largest absolute Gasteiger partial charge is 0.482 e. The van der Waals surface area contributed by atoms with E-state index < -0.39 is 11.5 Å². The molecule has 4 heterocycles. The van der Waals surface area contributed by atoms with Gasteiger partial charge in [-0.25, -0.2) is 9.88 Å². The molecule has 1 aromatic heterocycles. The number of aromatic nitrogens is 2. The van der Waals surface area contributed by atoms with Crippen LogP contribution in [-0.2, 0) is 14.3 Å². The number of allylic oxidation sites excluding steroid dienone is 1. The first kappa shape index (κ1) is 13.3. The van der Waals surface area contributed by atoms with Crippen LogP contribution in [-0.4, -0.2) is 27.0 Å². The van der Waals surface area contributed by atoms with Gasteiger partial charge in [0, 0.05) is 18.1 Å². The van der Waals surface area contributed by atoms with E-state index in [4.69, 9.17) is 4.74 Å². The van der Waals surface area contributed by atoms with Gasteiger partial charge in [-0.1, -0.05) is 0 Å². The van der Waals surface area contributed by atoms with Crippen LogP contribution in [0.2, 0.25) is 0 Å². The molecule has 1 aromatic carbocycles. The van der Waals surface area contributed by atoms with Crippen LogP contribution in [0.3, 0.4) is 0 Å². The van der Waals surface area contributed by atoms with Gasteiger partial charge in [0.05, 0.1) is 17.6 Å².